The van der Waals surface area contributed by atoms with Crippen molar-refractivity contribution in [2.24, 2.45) is 11.0 Å². The summed E-state index contributed by atoms with van der Waals surface area (Å²) >= 11 is 0. The Hall–Kier alpha value is -1.59. The van der Waals surface area contributed by atoms with Crippen molar-refractivity contribution >= 4 is 0 Å². The van der Waals surface area contributed by atoms with E-state index in [-0.39, 0.29) is 18.1 Å². The molecule has 5 atom stereocenters. The zero-order valence-electron chi connectivity index (χ0n) is 11.3. The maximum absolute atomic E-state index is 8.73. The monoisotopic (exact) mass is 275 g/mol. The van der Waals surface area contributed by atoms with Gasteiger partial charge in [-0.15, -0.1) is 0 Å². The Morgan fingerprint density at radius 1 is 1.40 bits per heavy atom. The van der Waals surface area contributed by atoms with Gasteiger partial charge in [-0.05, 0) is 11.1 Å². The number of azide groups is 1. The lowest BCUT2D eigenvalue weighted by molar-refractivity contribution is -0.170. The lowest BCUT2D eigenvalue weighted by atomic mass is 9.91. The smallest absolute Gasteiger partial charge is 0.169 e. The molecule has 6 nitrogen and oxygen atoms in total. The lowest BCUT2D eigenvalue weighted by Crippen LogP contribution is -2.49. The first-order chi connectivity index (χ1) is 9.79. The summed E-state index contributed by atoms with van der Waals surface area (Å²) in [5, 5.41) is 3.81. The SMILES string of the molecule is C[C@@H]1C2COC(O2)C(N=[N+]=[N-])C1OCc1ccccc1. The molecule has 1 aromatic rings. The van der Waals surface area contributed by atoms with E-state index in [0.29, 0.717) is 13.2 Å². The average molecular weight is 275 g/mol. The normalized spacial score (nSPS) is 35.5. The molecule has 0 spiro atoms. The van der Waals surface area contributed by atoms with E-state index in [1.807, 2.05) is 37.3 Å². The van der Waals surface area contributed by atoms with Gasteiger partial charge in [0.15, 0.2) is 6.29 Å². The Kier molecular flexibility index (Phi) is 3.89. The molecule has 2 saturated heterocycles. The molecule has 0 radical (unpaired) electrons. The first-order valence-electron chi connectivity index (χ1n) is 6.76. The minimum Gasteiger partial charge on any atom is -0.373 e. The second-order valence-corrected chi connectivity index (χ2v) is 5.19. The van der Waals surface area contributed by atoms with Gasteiger partial charge < -0.3 is 14.2 Å². The summed E-state index contributed by atoms with van der Waals surface area (Å²) in [6.07, 6.45) is -0.642. The van der Waals surface area contributed by atoms with Crippen molar-refractivity contribution in [3.63, 3.8) is 0 Å². The van der Waals surface area contributed by atoms with Crippen LogP contribution in [-0.4, -0.2) is 31.1 Å². The molecule has 4 unspecified atom stereocenters. The minimum absolute atomic E-state index is 0.0194. The highest BCUT2D eigenvalue weighted by Crippen LogP contribution is 2.36. The summed E-state index contributed by atoms with van der Waals surface area (Å²) in [4.78, 5) is 2.90. The number of ether oxygens (including phenoxy) is 3. The minimum atomic E-state index is -0.479. The van der Waals surface area contributed by atoms with Crippen molar-refractivity contribution in [2.75, 3.05) is 6.61 Å². The van der Waals surface area contributed by atoms with E-state index in [4.69, 9.17) is 19.7 Å². The Morgan fingerprint density at radius 2 is 2.20 bits per heavy atom. The van der Waals surface area contributed by atoms with Crippen molar-refractivity contribution < 1.29 is 14.2 Å². The molecule has 0 saturated carbocycles. The van der Waals surface area contributed by atoms with Gasteiger partial charge in [0.25, 0.3) is 0 Å². The van der Waals surface area contributed by atoms with Crippen LogP contribution in [-0.2, 0) is 20.8 Å². The maximum atomic E-state index is 8.73. The second-order valence-electron chi connectivity index (χ2n) is 5.19. The topological polar surface area (TPSA) is 76.5 Å². The van der Waals surface area contributed by atoms with Crippen LogP contribution in [0.2, 0.25) is 0 Å². The van der Waals surface area contributed by atoms with Crippen LogP contribution < -0.4 is 0 Å². The van der Waals surface area contributed by atoms with E-state index in [1.54, 1.807) is 0 Å². The van der Waals surface area contributed by atoms with Crippen molar-refractivity contribution in [1.82, 2.24) is 0 Å². The molecule has 106 valence electrons. The van der Waals surface area contributed by atoms with Crippen LogP contribution in [0.3, 0.4) is 0 Å². The fourth-order valence-electron chi connectivity index (χ4n) is 2.77. The highest BCUT2D eigenvalue weighted by atomic mass is 16.7. The van der Waals surface area contributed by atoms with Gasteiger partial charge in [0.1, 0.15) is 6.04 Å². The first-order valence-corrected chi connectivity index (χ1v) is 6.76. The molecule has 2 aliphatic heterocycles. The van der Waals surface area contributed by atoms with Crippen molar-refractivity contribution in [3.8, 4) is 0 Å². The number of rotatable bonds is 4. The van der Waals surface area contributed by atoms with Crippen LogP contribution in [0.4, 0.5) is 0 Å². The molecule has 6 heteroatoms. The number of hydrogen-bond acceptors (Lipinski definition) is 4. The van der Waals surface area contributed by atoms with Crippen LogP contribution in [0.15, 0.2) is 35.4 Å². The summed E-state index contributed by atoms with van der Waals surface area (Å²) in [5.74, 6) is 0.132. The van der Waals surface area contributed by atoms with Crippen LogP contribution in [0.1, 0.15) is 12.5 Å². The molecule has 1 aromatic carbocycles. The molecule has 2 fully saturated rings. The summed E-state index contributed by atoms with van der Waals surface area (Å²) in [6, 6.07) is 9.51. The fraction of sp³-hybridized carbons (Fsp3) is 0.571. The largest absolute Gasteiger partial charge is 0.373 e. The van der Waals surface area contributed by atoms with Crippen molar-refractivity contribution in [3.05, 3.63) is 46.3 Å². The molecule has 0 aliphatic carbocycles. The number of benzene rings is 1. The molecule has 0 aromatic heterocycles. The number of hydrogen-bond donors (Lipinski definition) is 0. The summed E-state index contributed by atoms with van der Waals surface area (Å²) in [6.45, 7) is 3.08. The van der Waals surface area contributed by atoms with E-state index in [1.165, 1.54) is 0 Å². The van der Waals surface area contributed by atoms with E-state index < -0.39 is 12.3 Å². The van der Waals surface area contributed by atoms with Crippen LogP contribution in [0, 0.1) is 5.92 Å². The van der Waals surface area contributed by atoms with Crippen LogP contribution in [0.5, 0.6) is 0 Å². The third-order valence-corrected chi connectivity index (χ3v) is 3.92. The van der Waals surface area contributed by atoms with Gasteiger partial charge in [0, 0.05) is 10.8 Å². The van der Waals surface area contributed by atoms with E-state index in [2.05, 4.69) is 10.0 Å². The van der Waals surface area contributed by atoms with Gasteiger partial charge in [-0.1, -0.05) is 42.4 Å². The molecule has 3 rings (SSSR count). The molecule has 2 bridgehead atoms. The standard InChI is InChI=1S/C14H17N3O3/c1-9-11-8-19-14(20-11)12(16-17-15)13(9)18-7-10-5-3-2-4-6-10/h2-6,9,11-14H,7-8H2,1H3/t9-,11?,12?,13?,14?/m1/s1. The van der Waals surface area contributed by atoms with E-state index in [9.17, 15) is 0 Å². The molecular formula is C14H17N3O3. The summed E-state index contributed by atoms with van der Waals surface area (Å²) in [5.41, 5.74) is 9.82. The predicted molar refractivity (Wildman–Crippen MR) is 71.7 cm³/mol. The van der Waals surface area contributed by atoms with E-state index >= 15 is 0 Å². The Labute approximate surface area is 117 Å². The number of fused-ring (bicyclic) bond motifs is 2. The van der Waals surface area contributed by atoms with Crippen LogP contribution in [0.25, 0.3) is 10.4 Å². The highest BCUT2D eigenvalue weighted by Gasteiger charge is 2.49. The quantitative estimate of drug-likeness (QED) is 0.481. The van der Waals surface area contributed by atoms with Gasteiger partial charge in [0.05, 0.1) is 25.4 Å². The van der Waals surface area contributed by atoms with E-state index in [0.717, 1.165) is 5.56 Å². The second kappa shape index (κ2) is 5.81. The van der Waals surface area contributed by atoms with Crippen molar-refractivity contribution in [2.45, 2.75) is 38.1 Å². The third-order valence-electron chi connectivity index (χ3n) is 3.92. The lowest BCUT2D eigenvalue weighted by Gasteiger charge is -2.37. The van der Waals surface area contributed by atoms with Gasteiger partial charge in [-0.25, -0.2) is 0 Å². The molecule has 0 N–H and O–H groups in total. The molecular weight excluding hydrogens is 258 g/mol. The van der Waals surface area contributed by atoms with Crippen molar-refractivity contribution in [1.29, 1.82) is 0 Å². The van der Waals surface area contributed by atoms with Gasteiger partial charge in [-0.3, -0.25) is 0 Å². The summed E-state index contributed by atoms with van der Waals surface area (Å²) < 4.78 is 17.2. The first kappa shape index (κ1) is 13.4. The average Bonchev–Trinajstić information content (AvgIpc) is 2.92. The fourth-order valence-corrected chi connectivity index (χ4v) is 2.77. The zero-order valence-corrected chi connectivity index (χ0v) is 11.3. The summed E-state index contributed by atoms with van der Waals surface area (Å²) in [7, 11) is 0. The molecule has 20 heavy (non-hydrogen) atoms. The zero-order chi connectivity index (χ0) is 13.9. The van der Waals surface area contributed by atoms with Crippen LogP contribution >= 0.6 is 0 Å². The molecule has 2 aliphatic rings. The Morgan fingerprint density at radius 3 is 2.95 bits per heavy atom. The molecule has 2 heterocycles. The maximum Gasteiger partial charge on any atom is 0.169 e. The van der Waals surface area contributed by atoms with Gasteiger partial charge >= 0.3 is 0 Å². The Balaban J connectivity index is 1.73. The predicted octanol–water partition coefficient (Wildman–Crippen LogP) is 2.64. The van der Waals surface area contributed by atoms with Gasteiger partial charge in [-0.2, -0.15) is 0 Å². The highest BCUT2D eigenvalue weighted by molar-refractivity contribution is 5.13. The molecule has 0 amide bonds. The number of nitrogens with zero attached hydrogens (tertiary/aromatic N) is 3. The van der Waals surface area contributed by atoms with Gasteiger partial charge in [0.2, 0.25) is 0 Å². The Bertz CT molecular complexity index is 504. The third kappa shape index (κ3) is 2.51.